The first-order valence-electron chi connectivity index (χ1n) is 12.3. The highest BCUT2D eigenvalue weighted by atomic mass is 16.5. The third-order valence-electron chi connectivity index (χ3n) is 6.69. The van der Waals surface area contributed by atoms with Gasteiger partial charge in [0.1, 0.15) is 11.8 Å². The number of nitriles is 1. The molecular formula is C29H37NO2. The van der Waals surface area contributed by atoms with E-state index in [2.05, 4.69) is 39.0 Å². The molecule has 0 bridgehead atoms. The lowest BCUT2D eigenvalue weighted by atomic mass is 9.77. The van der Waals surface area contributed by atoms with Gasteiger partial charge in [0.15, 0.2) is 0 Å². The third kappa shape index (κ3) is 6.70. The predicted octanol–water partition coefficient (Wildman–Crippen LogP) is 7.83. The zero-order chi connectivity index (χ0) is 22.9. The van der Waals surface area contributed by atoms with Gasteiger partial charge in [0.05, 0.1) is 11.1 Å². The van der Waals surface area contributed by atoms with Gasteiger partial charge in [-0.05, 0) is 85.3 Å². The SMILES string of the molecule is CCCCCC1CCC(c2ccc(C(=O)Oc3ccc(CC(C)C)cc3C#N)cc2)CC1. The highest BCUT2D eigenvalue weighted by Gasteiger charge is 2.22. The molecule has 0 radical (unpaired) electrons. The maximum Gasteiger partial charge on any atom is 0.343 e. The average molecular weight is 432 g/mol. The number of rotatable bonds is 9. The Bertz CT molecular complexity index is 915. The maximum absolute atomic E-state index is 12.7. The third-order valence-corrected chi connectivity index (χ3v) is 6.69. The minimum absolute atomic E-state index is 0.329. The quantitative estimate of drug-likeness (QED) is 0.231. The molecule has 0 heterocycles. The van der Waals surface area contributed by atoms with Gasteiger partial charge in [0.25, 0.3) is 0 Å². The highest BCUT2D eigenvalue weighted by molar-refractivity contribution is 5.91. The highest BCUT2D eigenvalue weighted by Crippen LogP contribution is 2.37. The number of nitrogens with zero attached hydrogens (tertiary/aromatic N) is 1. The van der Waals surface area contributed by atoms with E-state index in [1.807, 2.05) is 24.3 Å². The van der Waals surface area contributed by atoms with Crippen molar-refractivity contribution >= 4 is 5.97 Å². The smallest absolute Gasteiger partial charge is 0.343 e. The van der Waals surface area contributed by atoms with Gasteiger partial charge >= 0.3 is 5.97 Å². The van der Waals surface area contributed by atoms with E-state index >= 15 is 0 Å². The summed E-state index contributed by atoms with van der Waals surface area (Å²) in [5.41, 5.74) is 3.34. The molecule has 0 saturated heterocycles. The van der Waals surface area contributed by atoms with E-state index < -0.39 is 5.97 Å². The van der Waals surface area contributed by atoms with Crippen LogP contribution in [-0.2, 0) is 6.42 Å². The zero-order valence-corrected chi connectivity index (χ0v) is 19.9. The Morgan fingerprint density at radius 2 is 1.78 bits per heavy atom. The second kappa shape index (κ2) is 11.9. The number of unbranched alkanes of at least 4 members (excludes halogenated alkanes) is 2. The Labute approximate surface area is 193 Å². The fourth-order valence-corrected chi connectivity index (χ4v) is 4.87. The first kappa shape index (κ1) is 24.1. The Kier molecular flexibility index (Phi) is 8.91. The number of esters is 1. The summed E-state index contributed by atoms with van der Waals surface area (Å²) in [6.07, 6.45) is 11.4. The van der Waals surface area contributed by atoms with Crippen molar-refractivity contribution in [3.63, 3.8) is 0 Å². The number of hydrogen-bond donors (Lipinski definition) is 0. The molecule has 170 valence electrons. The van der Waals surface area contributed by atoms with Gasteiger partial charge in [-0.1, -0.05) is 64.7 Å². The number of benzene rings is 2. The lowest BCUT2D eigenvalue weighted by Crippen LogP contribution is -2.14. The van der Waals surface area contributed by atoms with Crippen LogP contribution >= 0.6 is 0 Å². The van der Waals surface area contributed by atoms with Crippen LogP contribution in [0.2, 0.25) is 0 Å². The molecule has 3 nitrogen and oxygen atoms in total. The molecule has 0 N–H and O–H groups in total. The van der Waals surface area contributed by atoms with E-state index in [0.717, 1.165) is 17.9 Å². The van der Waals surface area contributed by atoms with Crippen molar-refractivity contribution in [1.29, 1.82) is 5.26 Å². The summed E-state index contributed by atoms with van der Waals surface area (Å²) in [7, 11) is 0. The summed E-state index contributed by atoms with van der Waals surface area (Å²) in [4.78, 5) is 12.7. The van der Waals surface area contributed by atoms with Crippen LogP contribution in [0, 0.1) is 23.2 Å². The molecule has 0 spiro atoms. The van der Waals surface area contributed by atoms with Crippen LogP contribution in [-0.4, -0.2) is 5.97 Å². The molecule has 3 heteroatoms. The lowest BCUT2D eigenvalue weighted by molar-refractivity contribution is 0.0734. The van der Waals surface area contributed by atoms with E-state index in [1.165, 1.54) is 56.9 Å². The fraction of sp³-hybridized carbons (Fsp3) is 0.517. The van der Waals surface area contributed by atoms with E-state index in [1.54, 1.807) is 6.07 Å². The van der Waals surface area contributed by atoms with Gasteiger partial charge < -0.3 is 4.74 Å². The molecule has 1 aliphatic rings. The normalized spacial score (nSPS) is 18.3. The summed E-state index contributed by atoms with van der Waals surface area (Å²) in [6.45, 7) is 6.55. The van der Waals surface area contributed by atoms with Crippen molar-refractivity contribution in [3.05, 3.63) is 64.7 Å². The summed E-state index contributed by atoms with van der Waals surface area (Å²) in [5.74, 6) is 1.92. The molecule has 0 atom stereocenters. The van der Waals surface area contributed by atoms with Gasteiger partial charge in [0, 0.05) is 0 Å². The van der Waals surface area contributed by atoms with E-state index in [0.29, 0.717) is 28.7 Å². The van der Waals surface area contributed by atoms with Crippen molar-refractivity contribution in [2.45, 2.75) is 84.5 Å². The fourth-order valence-electron chi connectivity index (χ4n) is 4.87. The molecule has 3 rings (SSSR count). The molecule has 32 heavy (non-hydrogen) atoms. The monoisotopic (exact) mass is 431 g/mol. The van der Waals surface area contributed by atoms with E-state index in [4.69, 9.17) is 4.74 Å². The molecule has 0 aromatic heterocycles. The molecule has 1 aliphatic carbocycles. The zero-order valence-electron chi connectivity index (χ0n) is 19.9. The largest absolute Gasteiger partial charge is 0.422 e. The van der Waals surface area contributed by atoms with Crippen LogP contribution in [0.5, 0.6) is 5.75 Å². The maximum atomic E-state index is 12.7. The summed E-state index contributed by atoms with van der Waals surface area (Å²) in [6, 6.07) is 15.5. The Morgan fingerprint density at radius 1 is 1.06 bits per heavy atom. The van der Waals surface area contributed by atoms with Crippen LogP contribution in [0.3, 0.4) is 0 Å². The van der Waals surface area contributed by atoms with E-state index in [-0.39, 0.29) is 0 Å². The van der Waals surface area contributed by atoms with Crippen LogP contribution in [0.15, 0.2) is 42.5 Å². The number of hydrogen-bond acceptors (Lipinski definition) is 3. The van der Waals surface area contributed by atoms with Gasteiger partial charge in [-0.15, -0.1) is 0 Å². The lowest BCUT2D eigenvalue weighted by Gasteiger charge is -2.29. The van der Waals surface area contributed by atoms with Gasteiger partial charge in [-0.3, -0.25) is 0 Å². The van der Waals surface area contributed by atoms with Crippen LogP contribution in [0.4, 0.5) is 0 Å². The minimum atomic E-state index is -0.413. The first-order chi connectivity index (χ1) is 15.5. The van der Waals surface area contributed by atoms with Gasteiger partial charge in [0.2, 0.25) is 0 Å². The second-order valence-corrected chi connectivity index (χ2v) is 9.77. The van der Waals surface area contributed by atoms with Crippen molar-refractivity contribution in [1.82, 2.24) is 0 Å². The van der Waals surface area contributed by atoms with E-state index in [9.17, 15) is 10.1 Å². The predicted molar refractivity (Wildman–Crippen MR) is 130 cm³/mol. The summed E-state index contributed by atoms with van der Waals surface area (Å²) >= 11 is 0. The van der Waals surface area contributed by atoms with Crippen LogP contribution in [0.25, 0.3) is 0 Å². The van der Waals surface area contributed by atoms with Crippen molar-refractivity contribution in [2.75, 3.05) is 0 Å². The number of ether oxygens (including phenoxy) is 1. The second-order valence-electron chi connectivity index (χ2n) is 9.77. The summed E-state index contributed by atoms with van der Waals surface area (Å²) < 4.78 is 5.57. The van der Waals surface area contributed by atoms with Crippen LogP contribution < -0.4 is 4.74 Å². The topological polar surface area (TPSA) is 50.1 Å². The molecule has 2 aromatic rings. The summed E-state index contributed by atoms with van der Waals surface area (Å²) in [5, 5.41) is 9.48. The van der Waals surface area contributed by atoms with Gasteiger partial charge in [-0.25, -0.2) is 4.79 Å². The molecule has 1 saturated carbocycles. The van der Waals surface area contributed by atoms with Crippen molar-refractivity contribution in [3.8, 4) is 11.8 Å². The molecule has 1 fully saturated rings. The van der Waals surface area contributed by atoms with Crippen LogP contribution in [0.1, 0.15) is 105 Å². The molecule has 0 unspecified atom stereocenters. The molecule has 2 aromatic carbocycles. The van der Waals surface area contributed by atoms with Crippen molar-refractivity contribution in [2.24, 2.45) is 11.8 Å². The Hall–Kier alpha value is -2.60. The number of carbonyl (C=O) groups is 1. The number of carbonyl (C=O) groups excluding carboxylic acids is 1. The molecular weight excluding hydrogens is 394 g/mol. The first-order valence-corrected chi connectivity index (χ1v) is 12.3. The molecule has 0 amide bonds. The Balaban J connectivity index is 1.57. The average Bonchev–Trinajstić information content (AvgIpc) is 2.80. The van der Waals surface area contributed by atoms with Crippen molar-refractivity contribution < 1.29 is 9.53 Å². The van der Waals surface area contributed by atoms with Gasteiger partial charge in [-0.2, -0.15) is 5.26 Å². The standard InChI is InChI=1S/C29H37NO2/c1-4-5-6-7-22-8-11-24(12-9-22)25-13-15-26(16-14-25)29(31)32-28-17-10-23(18-21(2)3)19-27(28)20-30/h10,13-17,19,21-22,24H,4-9,11-12,18H2,1-3H3. The minimum Gasteiger partial charge on any atom is -0.422 e. The Morgan fingerprint density at radius 3 is 2.41 bits per heavy atom. The molecule has 0 aliphatic heterocycles.